The van der Waals surface area contributed by atoms with Crippen LogP contribution in [0.3, 0.4) is 0 Å². The lowest BCUT2D eigenvalue weighted by Crippen LogP contribution is -2.40. The Morgan fingerprint density at radius 3 is 2.53 bits per heavy atom. The Hall–Kier alpha value is -1.33. The fraction of sp³-hybridized carbons (Fsp3) is 0.533. The molecule has 1 aliphatic rings. The number of rotatable bonds is 4. The van der Waals surface area contributed by atoms with Gasteiger partial charge in [-0.25, -0.2) is 0 Å². The van der Waals surface area contributed by atoms with Gasteiger partial charge in [0.05, 0.1) is 6.07 Å². The molecular formula is C15H20N2. The molecule has 0 radical (unpaired) electrons. The minimum atomic E-state index is -0.322. The number of hydrogen-bond acceptors (Lipinski definition) is 2. The van der Waals surface area contributed by atoms with E-state index in [2.05, 4.69) is 56.4 Å². The molecule has 2 nitrogen and oxygen atoms in total. The van der Waals surface area contributed by atoms with Crippen molar-refractivity contribution in [2.45, 2.75) is 45.2 Å². The Labute approximate surface area is 104 Å². The van der Waals surface area contributed by atoms with Gasteiger partial charge >= 0.3 is 0 Å². The largest absolute Gasteiger partial charge is 0.297 e. The van der Waals surface area contributed by atoms with Crippen LogP contribution < -0.4 is 5.32 Å². The standard InChI is InChI=1S/C15H20N2/c1-12(2)17-15(11-16)10-14(15,3)9-13-7-5-4-6-8-13/h4-8,12,17H,9-10H2,1-3H3/t14-,15+/m0/s1. The zero-order chi connectivity index (χ0) is 12.5. The molecule has 2 atom stereocenters. The minimum Gasteiger partial charge on any atom is -0.297 e. The topological polar surface area (TPSA) is 35.8 Å². The molecule has 0 aliphatic heterocycles. The summed E-state index contributed by atoms with van der Waals surface area (Å²) in [6, 6.07) is 13.3. The SMILES string of the molecule is CC(C)N[C@@]1(C#N)C[C@]1(C)Cc1ccccc1. The molecule has 1 aromatic carbocycles. The first-order chi connectivity index (χ1) is 8.01. The van der Waals surface area contributed by atoms with Gasteiger partial charge in [-0.1, -0.05) is 37.3 Å². The van der Waals surface area contributed by atoms with Crippen molar-refractivity contribution in [3.8, 4) is 6.07 Å². The van der Waals surface area contributed by atoms with Crippen LogP contribution in [0.1, 0.15) is 32.8 Å². The van der Waals surface area contributed by atoms with E-state index in [-0.39, 0.29) is 11.0 Å². The van der Waals surface area contributed by atoms with Crippen LogP contribution in [0.25, 0.3) is 0 Å². The molecule has 0 heterocycles. The average molecular weight is 228 g/mol. The molecule has 1 N–H and O–H groups in total. The normalized spacial score (nSPS) is 31.2. The Balaban J connectivity index is 2.11. The van der Waals surface area contributed by atoms with E-state index < -0.39 is 0 Å². The zero-order valence-corrected chi connectivity index (χ0v) is 10.8. The third-order valence-corrected chi connectivity index (χ3v) is 3.72. The summed E-state index contributed by atoms with van der Waals surface area (Å²) in [5.41, 5.74) is 1.07. The summed E-state index contributed by atoms with van der Waals surface area (Å²) >= 11 is 0. The number of benzene rings is 1. The lowest BCUT2D eigenvalue weighted by molar-refractivity contribution is 0.409. The van der Waals surface area contributed by atoms with Gasteiger partial charge in [-0.2, -0.15) is 5.26 Å². The van der Waals surface area contributed by atoms with E-state index in [1.807, 2.05) is 6.07 Å². The van der Waals surface area contributed by atoms with E-state index >= 15 is 0 Å². The molecule has 1 aliphatic carbocycles. The van der Waals surface area contributed by atoms with E-state index in [9.17, 15) is 5.26 Å². The van der Waals surface area contributed by atoms with Crippen molar-refractivity contribution in [2.75, 3.05) is 0 Å². The Bertz CT molecular complexity index is 432. The molecule has 1 saturated carbocycles. The van der Waals surface area contributed by atoms with Crippen molar-refractivity contribution < 1.29 is 0 Å². The molecule has 2 heteroatoms. The Morgan fingerprint density at radius 1 is 1.35 bits per heavy atom. The molecule has 0 unspecified atom stereocenters. The van der Waals surface area contributed by atoms with Gasteiger partial charge in [0.2, 0.25) is 0 Å². The van der Waals surface area contributed by atoms with Crippen molar-refractivity contribution in [3.63, 3.8) is 0 Å². The first-order valence-corrected chi connectivity index (χ1v) is 6.24. The number of nitrogens with zero attached hydrogens (tertiary/aromatic N) is 1. The molecule has 0 spiro atoms. The second-order valence-electron chi connectivity index (χ2n) is 5.72. The van der Waals surface area contributed by atoms with Crippen LogP contribution in [-0.2, 0) is 6.42 Å². The quantitative estimate of drug-likeness (QED) is 0.860. The van der Waals surface area contributed by atoms with Crippen LogP contribution in [0.4, 0.5) is 0 Å². The predicted molar refractivity (Wildman–Crippen MR) is 69.5 cm³/mol. The number of hydrogen-bond donors (Lipinski definition) is 1. The van der Waals surface area contributed by atoms with Crippen molar-refractivity contribution >= 4 is 0 Å². The summed E-state index contributed by atoms with van der Waals surface area (Å²) in [4.78, 5) is 0. The van der Waals surface area contributed by atoms with E-state index in [4.69, 9.17) is 0 Å². The summed E-state index contributed by atoms with van der Waals surface area (Å²) in [6.07, 6.45) is 1.92. The minimum absolute atomic E-state index is 0.0768. The van der Waals surface area contributed by atoms with Crippen molar-refractivity contribution in [3.05, 3.63) is 35.9 Å². The van der Waals surface area contributed by atoms with E-state index in [1.165, 1.54) is 5.56 Å². The zero-order valence-electron chi connectivity index (χ0n) is 10.8. The maximum atomic E-state index is 9.41. The summed E-state index contributed by atoms with van der Waals surface area (Å²) in [5, 5.41) is 12.8. The highest BCUT2D eigenvalue weighted by atomic mass is 15.1. The van der Waals surface area contributed by atoms with Gasteiger partial charge in [0.1, 0.15) is 5.54 Å². The number of nitriles is 1. The monoisotopic (exact) mass is 228 g/mol. The highest BCUT2D eigenvalue weighted by molar-refractivity contribution is 5.34. The van der Waals surface area contributed by atoms with Gasteiger partial charge in [-0.3, -0.25) is 5.32 Å². The average Bonchev–Trinajstić information content (AvgIpc) is 2.83. The lowest BCUT2D eigenvalue weighted by Gasteiger charge is -2.20. The van der Waals surface area contributed by atoms with Crippen LogP contribution in [0.15, 0.2) is 30.3 Å². The van der Waals surface area contributed by atoms with Gasteiger partial charge in [0.25, 0.3) is 0 Å². The molecular weight excluding hydrogens is 208 g/mol. The molecule has 90 valence electrons. The molecule has 0 bridgehead atoms. The van der Waals surface area contributed by atoms with E-state index in [1.54, 1.807) is 0 Å². The van der Waals surface area contributed by atoms with Crippen LogP contribution in [0.5, 0.6) is 0 Å². The van der Waals surface area contributed by atoms with Crippen LogP contribution in [0, 0.1) is 16.7 Å². The first-order valence-electron chi connectivity index (χ1n) is 6.24. The highest BCUT2D eigenvalue weighted by Crippen LogP contribution is 2.57. The number of nitrogens with one attached hydrogen (secondary N) is 1. The first kappa shape index (κ1) is 12.1. The molecule has 1 fully saturated rings. The van der Waals surface area contributed by atoms with Gasteiger partial charge in [-0.15, -0.1) is 0 Å². The van der Waals surface area contributed by atoms with E-state index in [0.29, 0.717) is 6.04 Å². The van der Waals surface area contributed by atoms with Gasteiger partial charge < -0.3 is 0 Å². The third-order valence-electron chi connectivity index (χ3n) is 3.72. The summed E-state index contributed by atoms with van der Waals surface area (Å²) in [5.74, 6) is 0. The Kier molecular flexibility index (Phi) is 2.97. The molecule has 1 aromatic rings. The predicted octanol–water partition coefficient (Wildman–Crippen LogP) is 2.90. The summed E-state index contributed by atoms with van der Waals surface area (Å²) in [6.45, 7) is 6.40. The molecule has 0 aromatic heterocycles. The Morgan fingerprint density at radius 2 is 2.00 bits per heavy atom. The maximum Gasteiger partial charge on any atom is 0.113 e. The van der Waals surface area contributed by atoms with Crippen LogP contribution >= 0.6 is 0 Å². The van der Waals surface area contributed by atoms with E-state index in [0.717, 1.165) is 12.8 Å². The third kappa shape index (κ3) is 2.21. The fourth-order valence-corrected chi connectivity index (χ4v) is 2.73. The van der Waals surface area contributed by atoms with Crippen LogP contribution in [0.2, 0.25) is 0 Å². The van der Waals surface area contributed by atoms with Gasteiger partial charge in [0, 0.05) is 11.5 Å². The van der Waals surface area contributed by atoms with Crippen molar-refractivity contribution in [2.24, 2.45) is 5.41 Å². The smallest absolute Gasteiger partial charge is 0.113 e. The maximum absolute atomic E-state index is 9.41. The second kappa shape index (κ2) is 4.16. The second-order valence-corrected chi connectivity index (χ2v) is 5.72. The molecule has 17 heavy (non-hydrogen) atoms. The highest BCUT2D eigenvalue weighted by Gasteiger charge is 2.65. The lowest BCUT2D eigenvalue weighted by atomic mass is 9.93. The fourth-order valence-electron chi connectivity index (χ4n) is 2.73. The van der Waals surface area contributed by atoms with Gasteiger partial charge in [0.15, 0.2) is 0 Å². The summed E-state index contributed by atoms with van der Waals surface area (Å²) in [7, 11) is 0. The van der Waals surface area contributed by atoms with Crippen molar-refractivity contribution in [1.29, 1.82) is 5.26 Å². The molecule has 2 rings (SSSR count). The van der Waals surface area contributed by atoms with Crippen LogP contribution in [-0.4, -0.2) is 11.6 Å². The molecule has 0 saturated heterocycles. The summed E-state index contributed by atoms with van der Waals surface area (Å²) < 4.78 is 0. The molecule has 0 amide bonds. The van der Waals surface area contributed by atoms with Crippen molar-refractivity contribution in [1.82, 2.24) is 5.32 Å². The van der Waals surface area contributed by atoms with Gasteiger partial charge in [-0.05, 0) is 32.3 Å².